The topological polar surface area (TPSA) is 91.9 Å². The van der Waals surface area contributed by atoms with Crippen LogP contribution in [0.1, 0.15) is 32.8 Å². The summed E-state index contributed by atoms with van der Waals surface area (Å²) >= 11 is 0. The first-order chi connectivity index (χ1) is 13.4. The maximum absolute atomic E-state index is 12.0. The molecule has 0 atom stereocenters. The van der Waals surface area contributed by atoms with Crippen molar-refractivity contribution in [3.05, 3.63) is 82.6 Å². The van der Waals surface area contributed by atoms with Crippen LogP contribution in [0.5, 0.6) is 0 Å². The first-order valence-corrected chi connectivity index (χ1v) is 8.74. The molecule has 0 aliphatic carbocycles. The van der Waals surface area contributed by atoms with E-state index in [0.717, 1.165) is 16.7 Å². The summed E-state index contributed by atoms with van der Waals surface area (Å²) in [6.07, 6.45) is 1.67. The molecule has 0 saturated heterocycles. The minimum atomic E-state index is -0.977. The number of nitrogens with one attached hydrogen (secondary N) is 1. The molecule has 1 amide bonds. The molecular weight excluding hydrogens is 356 g/mol. The zero-order chi connectivity index (χ0) is 20.1. The Morgan fingerprint density at radius 2 is 1.79 bits per heavy atom. The Morgan fingerprint density at radius 1 is 1.04 bits per heavy atom. The monoisotopic (exact) mass is 376 g/mol. The van der Waals surface area contributed by atoms with Gasteiger partial charge in [-0.15, -0.1) is 0 Å². The number of nitrogens with zero attached hydrogens (tertiary/aromatic N) is 1. The molecule has 0 unspecified atom stereocenters. The maximum atomic E-state index is 12.0. The van der Waals surface area contributed by atoms with Crippen LogP contribution in [0.4, 0.5) is 0 Å². The van der Waals surface area contributed by atoms with Crippen LogP contribution >= 0.6 is 0 Å². The van der Waals surface area contributed by atoms with Gasteiger partial charge in [-0.2, -0.15) is 5.10 Å². The van der Waals surface area contributed by atoms with Gasteiger partial charge >= 0.3 is 5.97 Å². The van der Waals surface area contributed by atoms with Gasteiger partial charge in [0, 0.05) is 5.56 Å². The van der Waals surface area contributed by atoms with E-state index in [9.17, 15) is 9.59 Å². The number of hydrogen-bond acceptors (Lipinski definition) is 4. The average Bonchev–Trinajstić information content (AvgIpc) is 3.14. The first-order valence-electron chi connectivity index (χ1n) is 8.74. The third-order valence-electron chi connectivity index (χ3n) is 4.36. The van der Waals surface area contributed by atoms with Gasteiger partial charge in [0.15, 0.2) is 0 Å². The molecule has 28 heavy (non-hydrogen) atoms. The summed E-state index contributed by atoms with van der Waals surface area (Å²) in [4.78, 5) is 22.9. The van der Waals surface area contributed by atoms with Gasteiger partial charge in [0.05, 0.1) is 18.2 Å². The van der Waals surface area contributed by atoms with E-state index in [1.54, 1.807) is 24.3 Å². The summed E-state index contributed by atoms with van der Waals surface area (Å²) in [5.74, 6) is -0.130. The molecule has 142 valence electrons. The van der Waals surface area contributed by atoms with Crippen molar-refractivity contribution in [1.29, 1.82) is 0 Å². The fourth-order valence-corrected chi connectivity index (χ4v) is 2.66. The van der Waals surface area contributed by atoms with Crippen LogP contribution in [0.15, 0.2) is 64.1 Å². The normalized spacial score (nSPS) is 10.9. The molecule has 1 aromatic heterocycles. The summed E-state index contributed by atoms with van der Waals surface area (Å²) in [6.45, 7) is 4.04. The number of hydrazone groups is 1. The van der Waals surface area contributed by atoms with Gasteiger partial charge in [0.1, 0.15) is 11.5 Å². The molecule has 6 heteroatoms. The number of rotatable bonds is 6. The van der Waals surface area contributed by atoms with Crippen molar-refractivity contribution in [2.75, 3.05) is 0 Å². The van der Waals surface area contributed by atoms with Crippen molar-refractivity contribution in [1.82, 2.24) is 5.43 Å². The van der Waals surface area contributed by atoms with Crippen LogP contribution in [0.2, 0.25) is 0 Å². The number of aromatic carboxylic acids is 1. The highest BCUT2D eigenvalue weighted by Gasteiger charge is 2.07. The second-order valence-corrected chi connectivity index (χ2v) is 6.47. The van der Waals surface area contributed by atoms with Crippen molar-refractivity contribution in [2.45, 2.75) is 20.3 Å². The molecule has 3 aromatic rings. The Labute approximate surface area is 162 Å². The van der Waals surface area contributed by atoms with Crippen LogP contribution in [0.3, 0.4) is 0 Å². The van der Waals surface area contributed by atoms with Crippen LogP contribution in [-0.4, -0.2) is 23.2 Å². The molecule has 0 aliphatic rings. The fraction of sp³-hybridized carbons (Fsp3) is 0.136. The number of carbonyl (C=O) groups is 2. The maximum Gasteiger partial charge on any atom is 0.335 e. The molecule has 0 bridgehead atoms. The molecule has 1 heterocycles. The van der Waals surface area contributed by atoms with Crippen LogP contribution < -0.4 is 5.43 Å². The zero-order valence-corrected chi connectivity index (χ0v) is 15.6. The Morgan fingerprint density at radius 3 is 2.46 bits per heavy atom. The number of benzene rings is 2. The summed E-state index contributed by atoms with van der Waals surface area (Å²) < 4.78 is 5.65. The highest BCUT2D eigenvalue weighted by atomic mass is 16.4. The van der Waals surface area contributed by atoms with E-state index in [1.807, 2.05) is 32.0 Å². The third-order valence-corrected chi connectivity index (χ3v) is 4.36. The predicted molar refractivity (Wildman–Crippen MR) is 106 cm³/mol. The van der Waals surface area contributed by atoms with Crippen molar-refractivity contribution in [3.8, 4) is 11.3 Å². The Kier molecular flexibility index (Phi) is 5.69. The van der Waals surface area contributed by atoms with Gasteiger partial charge in [0.2, 0.25) is 5.91 Å². The van der Waals surface area contributed by atoms with Crippen LogP contribution in [-0.2, 0) is 11.2 Å². The minimum absolute atomic E-state index is 0.212. The van der Waals surface area contributed by atoms with Crippen molar-refractivity contribution < 1.29 is 19.1 Å². The molecule has 0 radical (unpaired) electrons. The van der Waals surface area contributed by atoms with E-state index in [1.165, 1.54) is 23.9 Å². The van der Waals surface area contributed by atoms with Gasteiger partial charge in [0.25, 0.3) is 0 Å². The Hall–Kier alpha value is -3.67. The number of amides is 1. The molecule has 2 aromatic carbocycles. The zero-order valence-electron chi connectivity index (χ0n) is 15.6. The molecule has 0 spiro atoms. The van der Waals surface area contributed by atoms with E-state index >= 15 is 0 Å². The van der Waals surface area contributed by atoms with Crippen molar-refractivity contribution in [2.24, 2.45) is 5.10 Å². The van der Waals surface area contributed by atoms with Gasteiger partial charge in [-0.05, 0) is 54.8 Å². The van der Waals surface area contributed by atoms with Gasteiger partial charge in [-0.3, -0.25) is 4.79 Å². The van der Waals surface area contributed by atoms with Crippen molar-refractivity contribution >= 4 is 18.1 Å². The summed E-state index contributed by atoms with van der Waals surface area (Å²) in [5.41, 5.74) is 6.72. The summed E-state index contributed by atoms with van der Waals surface area (Å²) in [7, 11) is 0. The molecule has 0 saturated carbocycles. The molecular formula is C22H20N2O4. The van der Waals surface area contributed by atoms with E-state index in [0.29, 0.717) is 11.5 Å². The standard InChI is InChI=1S/C22H20N2O4/c1-14-3-4-16(11-15(14)2)12-21(25)24-23-13-19-9-10-20(28-19)17-5-7-18(8-6-17)22(26)27/h3-11,13H,12H2,1-2H3,(H,24,25)(H,26,27)/b23-13+. The molecule has 0 fully saturated rings. The lowest BCUT2D eigenvalue weighted by Crippen LogP contribution is -2.19. The van der Waals surface area contributed by atoms with E-state index < -0.39 is 5.97 Å². The lowest BCUT2D eigenvalue weighted by atomic mass is 10.0. The second-order valence-electron chi connectivity index (χ2n) is 6.47. The highest BCUT2D eigenvalue weighted by Crippen LogP contribution is 2.22. The van der Waals surface area contributed by atoms with Gasteiger partial charge in [-0.1, -0.05) is 30.3 Å². The van der Waals surface area contributed by atoms with Gasteiger partial charge in [-0.25, -0.2) is 10.2 Å². The van der Waals surface area contributed by atoms with Gasteiger partial charge < -0.3 is 9.52 Å². The Bertz CT molecular complexity index is 1030. The smallest absolute Gasteiger partial charge is 0.335 e. The Balaban J connectivity index is 1.58. The molecule has 2 N–H and O–H groups in total. The predicted octanol–water partition coefficient (Wildman–Crippen LogP) is 3.95. The highest BCUT2D eigenvalue weighted by molar-refractivity contribution is 5.88. The quantitative estimate of drug-likeness (QED) is 0.503. The number of hydrogen-bond donors (Lipinski definition) is 2. The van der Waals surface area contributed by atoms with Crippen LogP contribution in [0.25, 0.3) is 11.3 Å². The second kappa shape index (κ2) is 8.35. The largest absolute Gasteiger partial charge is 0.478 e. The first kappa shape index (κ1) is 19.1. The van der Waals surface area contributed by atoms with E-state index in [-0.39, 0.29) is 17.9 Å². The summed E-state index contributed by atoms with van der Waals surface area (Å²) in [5, 5.41) is 12.9. The molecule has 6 nitrogen and oxygen atoms in total. The average molecular weight is 376 g/mol. The SMILES string of the molecule is Cc1ccc(CC(=O)N/N=C/c2ccc(-c3ccc(C(=O)O)cc3)o2)cc1C. The number of carbonyl (C=O) groups excluding carboxylic acids is 1. The molecule has 3 rings (SSSR count). The lowest BCUT2D eigenvalue weighted by Gasteiger charge is -2.04. The number of carboxylic acids is 1. The number of furan rings is 1. The minimum Gasteiger partial charge on any atom is -0.478 e. The number of aryl methyl sites for hydroxylation is 2. The van der Waals surface area contributed by atoms with Crippen LogP contribution in [0, 0.1) is 13.8 Å². The summed E-state index contributed by atoms with van der Waals surface area (Å²) in [6, 6.07) is 15.8. The number of carboxylic acid groups (broad SMARTS) is 1. The van der Waals surface area contributed by atoms with E-state index in [4.69, 9.17) is 9.52 Å². The third kappa shape index (κ3) is 4.73. The fourth-order valence-electron chi connectivity index (χ4n) is 2.66. The lowest BCUT2D eigenvalue weighted by molar-refractivity contribution is -0.120. The molecule has 0 aliphatic heterocycles. The van der Waals surface area contributed by atoms with E-state index in [2.05, 4.69) is 10.5 Å². The van der Waals surface area contributed by atoms with Crippen molar-refractivity contribution in [3.63, 3.8) is 0 Å².